The molecule has 2 aromatic carbocycles. The monoisotopic (exact) mass is 346 g/mol. The Morgan fingerprint density at radius 2 is 1.88 bits per heavy atom. The first-order chi connectivity index (χ1) is 12.6. The van der Waals surface area contributed by atoms with E-state index in [0.29, 0.717) is 17.9 Å². The van der Waals surface area contributed by atoms with Crippen molar-refractivity contribution >= 4 is 16.9 Å². The largest absolute Gasteiger partial charge is 0.461 e. The van der Waals surface area contributed by atoms with Gasteiger partial charge in [-0.2, -0.15) is 0 Å². The van der Waals surface area contributed by atoms with Crippen LogP contribution in [0.2, 0.25) is 0 Å². The fourth-order valence-corrected chi connectivity index (χ4v) is 2.97. The molecule has 1 amide bonds. The number of aromatic nitrogens is 1. The third-order valence-corrected chi connectivity index (χ3v) is 4.25. The van der Waals surface area contributed by atoms with Crippen LogP contribution in [0.1, 0.15) is 21.9 Å². The van der Waals surface area contributed by atoms with Gasteiger partial charge in [0.25, 0.3) is 5.91 Å². The molecular weight excluding hydrogens is 328 g/mol. The van der Waals surface area contributed by atoms with Gasteiger partial charge in [-0.05, 0) is 31.2 Å². The Kier molecular flexibility index (Phi) is 4.05. The molecule has 0 atom stereocenters. The lowest BCUT2D eigenvalue weighted by atomic mass is 10.1. The minimum atomic E-state index is -0.0802. The number of fused-ring (bicyclic) bond motifs is 1. The standard InChI is InChI=1S/C21H18N2O3/c1-14-10-17-11-16(8-9-20(17)25-14)21(24)23(2)13-18-12-19(22-26-18)15-6-4-3-5-7-15/h3-12H,13H2,1-2H3. The predicted molar refractivity (Wildman–Crippen MR) is 98.7 cm³/mol. The number of rotatable bonds is 4. The number of hydrogen-bond acceptors (Lipinski definition) is 4. The smallest absolute Gasteiger partial charge is 0.254 e. The van der Waals surface area contributed by atoms with Gasteiger partial charge in [0.15, 0.2) is 5.76 Å². The highest BCUT2D eigenvalue weighted by atomic mass is 16.5. The van der Waals surface area contributed by atoms with E-state index in [0.717, 1.165) is 28.0 Å². The first-order valence-corrected chi connectivity index (χ1v) is 8.37. The fourth-order valence-electron chi connectivity index (χ4n) is 2.97. The Morgan fingerprint density at radius 3 is 2.69 bits per heavy atom. The second kappa shape index (κ2) is 6.52. The molecule has 2 heterocycles. The third-order valence-electron chi connectivity index (χ3n) is 4.25. The highest BCUT2D eigenvalue weighted by molar-refractivity contribution is 5.97. The van der Waals surface area contributed by atoms with E-state index in [1.807, 2.05) is 61.5 Å². The topological polar surface area (TPSA) is 59.5 Å². The van der Waals surface area contributed by atoms with E-state index in [9.17, 15) is 4.79 Å². The molecule has 0 aliphatic rings. The minimum absolute atomic E-state index is 0.0802. The van der Waals surface area contributed by atoms with Crippen molar-refractivity contribution in [1.29, 1.82) is 0 Å². The Labute approximate surface area is 150 Å². The van der Waals surface area contributed by atoms with E-state index in [2.05, 4.69) is 5.16 Å². The van der Waals surface area contributed by atoms with Crippen LogP contribution in [0.15, 0.2) is 69.6 Å². The Balaban J connectivity index is 1.51. The molecule has 0 bridgehead atoms. The SMILES string of the molecule is Cc1cc2cc(C(=O)N(C)Cc3cc(-c4ccccc4)no3)ccc2o1. The van der Waals surface area contributed by atoms with Gasteiger partial charge in [0.2, 0.25) is 0 Å². The Bertz CT molecular complexity index is 1060. The summed E-state index contributed by atoms with van der Waals surface area (Å²) in [6, 6.07) is 19.0. The predicted octanol–water partition coefficient (Wildman–Crippen LogP) is 4.67. The second-order valence-electron chi connectivity index (χ2n) is 6.32. The molecule has 0 saturated carbocycles. The van der Waals surface area contributed by atoms with Crippen LogP contribution in [0, 0.1) is 6.92 Å². The molecule has 5 nitrogen and oxygen atoms in total. The zero-order valence-electron chi connectivity index (χ0n) is 14.6. The highest BCUT2D eigenvalue weighted by Crippen LogP contribution is 2.22. The summed E-state index contributed by atoms with van der Waals surface area (Å²) in [4.78, 5) is 14.3. The zero-order valence-corrected chi connectivity index (χ0v) is 14.6. The molecule has 0 aliphatic heterocycles. The Hall–Kier alpha value is -3.34. The summed E-state index contributed by atoms with van der Waals surface area (Å²) >= 11 is 0. The van der Waals surface area contributed by atoms with Crippen LogP contribution < -0.4 is 0 Å². The number of hydrogen-bond donors (Lipinski definition) is 0. The van der Waals surface area contributed by atoms with Gasteiger partial charge >= 0.3 is 0 Å². The van der Waals surface area contributed by atoms with Crippen LogP contribution in [0.5, 0.6) is 0 Å². The first kappa shape index (κ1) is 16.1. The molecule has 130 valence electrons. The average molecular weight is 346 g/mol. The highest BCUT2D eigenvalue weighted by Gasteiger charge is 2.16. The molecule has 0 radical (unpaired) electrons. The van der Waals surface area contributed by atoms with Crippen molar-refractivity contribution in [3.63, 3.8) is 0 Å². The lowest BCUT2D eigenvalue weighted by Crippen LogP contribution is -2.25. The van der Waals surface area contributed by atoms with E-state index in [1.54, 1.807) is 18.0 Å². The summed E-state index contributed by atoms with van der Waals surface area (Å²) in [6.07, 6.45) is 0. The van der Waals surface area contributed by atoms with Crippen LogP contribution in [0.3, 0.4) is 0 Å². The molecule has 4 rings (SSSR count). The van der Waals surface area contributed by atoms with Gasteiger partial charge in [-0.1, -0.05) is 35.5 Å². The van der Waals surface area contributed by atoms with Crippen molar-refractivity contribution in [1.82, 2.24) is 10.1 Å². The summed E-state index contributed by atoms with van der Waals surface area (Å²) in [6.45, 7) is 2.24. The van der Waals surface area contributed by atoms with Gasteiger partial charge in [-0.25, -0.2) is 0 Å². The molecule has 0 fully saturated rings. The number of furan rings is 1. The normalized spacial score (nSPS) is 11.0. The molecule has 2 aromatic heterocycles. The van der Waals surface area contributed by atoms with Crippen LogP contribution >= 0.6 is 0 Å². The zero-order chi connectivity index (χ0) is 18.1. The summed E-state index contributed by atoms with van der Waals surface area (Å²) in [7, 11) is 1.75. The van der Waals surface area contributed by atoms with Gasteiger partial charge in [-0.3, -0.25) is 4.79 Å². The molecule has 0 saturated heterocycles. The number of benzene rings is 2. The van der Waals surface area contributed by atoms with Crippen molar-refractivity contribution < 1.29 is 13.7 Å². The van der Waals surface area contributed by atoms with Crippen LogP contribution in [0.4, 0.5) is 0 Å². The van der Waals surface area contributed by atoms with Gasteiger partial charge < -0.3 is 13.8 Å². The lowest BCUT2D eigenvalue weighted by molar-refractivity contribution is 0.0772. The van der Waals surface area contributed by atoms with E-state index in [4.69, 9.17) is 8.94 Å². The van der Waals surface area contributed by atoms with E-state index < -0.39 is 0 Å². The maximum absolute atomic E-state index is 12.7. The molecule has 0 aliphatic carbocycles. The molecule has 0 spiro atoms. The van der Waals surface area contributed by atoms with Crippen LogP contribution in [-0.2, 0) is 6.54 Å². The van der Waals surface area contributed by atoms with E-state index >= 15 is 0 Å². The number of amides is 1. The molecule has 0 unspecified atom stereocenters. The second-order valence-corrected chi connectivity index (χ2v) is 6.32. The van der Waals surface area contributed by atoms with Crippen LogP contribution in [0.25, 0.3) is 22.2 Å². The quantitative estimate of drug-likeness (QED) is 0.539. The first-order valence-electron chi connectivity index (χ1n) is 8.37. The van der Waals surface area contributed by atoms with Gasteiger partial charge in [-0.15, -0.1) is 0 Å². The number of carbonyl (C=O) groups excluding carboxylic acids is 1. The molecular formula is C21H18N2O3. The van der Waals surface area contributed by atoms with E-state index in [1.165, 1.54) is 0 Å². The van der Waals surface area contributed by atoms with Gasteiger partial charge in [0.05, 0.1) is 6.54 Å². The van der Waals surface area contributed by atoms with E-state index in [-0.39, 0.29) is 5.91 Å². The number of carbonyl (C=O) groups is 1. The lowest BCUT2D eigenvalue weighted by Gasteiger charge is -2.15. The number of nitrogens with zero attached hydrogens (tertiary/aromatic N) is 2. The van der Waals surface area contributed by atoms with Gasteiger partial charge in [0.1, 0.15) is 17.0 Å². The molecule has 4 aromatic rings. The molecule has 5 heteroatoms. The number of aryl methyl sites for hydroxylation is 1. The summed E-state index contributed by atoms with van der Waals surface area (Å²) in [5.74, 6) is 1.39. The maximum atomic E-state index is 12.7. The van der Waals surface area contributed by atoms with Gasteiger partial charge in [0, 0.05) is 29.6 Å². The molecule has 26 heavy (non-hydrogen) atoms. The fraction of sp³-hybridized carbons (Fsp3) is 0.143. The van der Waals surface area contributed by atoms with Crippen LogP contribution in [-0.4, -0.2) is 23.0 Å². The van der Waals surface area contributed by atoms with Crippen molar-refractivity contribution in [2.75, 3.05) is 7.05 Å². The average Bonchev–Trinajstić information content (AvgIpc) is 3.26. The summed E-state index contributed by atoms with van der Waals surface area (Å²) in [5, 5.41) is 5.01. The Morgan fingerprint density at radius 1 is 1.08 bits per heavy atom. The summed E-state index contributed by atoms with van der Waals surface area (Å²) < 4.78 is 10.9. The third kappa shape index (κ3) is 3.11. The van der Waals surface area contributed by atoms with Crippen molar-refractivity contribution in [2.24, 2.45) is 0 Å². The van der Waals surface area contributed by atoms with Crippen molar-refractivity contribution in [2.45, 2.75) is 13.5 Å². The maximum Gasteiger partial charge on any atom is 0.254 e. The minimum Gasteiger partial charge on any atom is -0.461 e. The van der Waals surface area contributed by atoms with Crippen molar-refractivity contribution in [3.8, 4) is 11.3 Å². The summed E-state index contributed by atoms with van der Waals surface area (Å²) in [5.41, 5.74) is 3.14. The van der Waals surface area contributed by atoms with Crippen molar-refractivity contribution in [3.05, 3.63) is 77.7 Å². The molecule has 0 N–H and O–H groups in total.